The zero-order chi connectivity index (χ0) is 12.5. The summed E-state index contributed by atoms with van der Waals surface area (Å²) in [6.07, 6.45) is -3.10. The average Bonchev–Trinajstić information content (AvgIpc) is 2.15. The maximum Gasteiger partial charge on any atom is 0.281 e. The van der Waals surface area contributed by atoms with Crippen LogP contribution in [0.15, 0.2) is 11.0 Å². The van der Waals surface area contributed by atoms with E-state index in [4.69, 9.17) is 16.7 Å². The summed E-state index contributed by atoms with van der Waals surface area (Å²) in [7, 11) is -3.12. The molecule has 0 aliphatic heterocycles. The molecule has 1 rings (SSSR count). The number of methoxy groups -OCH3 is 1. The summed E-state index contributed by atoms with van der Waals surface area (Å²) in [6, 6.07) is 0.812. The molecule has 0 bridgehead atoms. The Bertz CT molecular complexity index is 507. The SMILES string of the molecule is COc1cc(S(N)(=O)=O)c(C(F)F)nc1Cl. The molecule has 1 heterocycles. The molecule has 0 atom stereocenters. The molecule has 0 aromatic carbocycles. The molecule has 2 N–H and O–H groups in total. The Morgan fingerprint density at radius 1 is 1.56 bits per heavy atom. The standard InChI is InChI=1S/C7H7ClF2N2O3S/c1-15-3-2-4(16(11,13)14)5(7(9)10)12-6(3)8/h2,7H,1H3,(H2,11,13,14). The minimum Gasteiger partial charge on any atom is -0.493 e. The second-order valence-electron chi connectivity index (χ2n) is 2.71. The van der Waals surface area contributed by atoms with E-state index < -0.39 is 27.0 Å². The van der Waals surface area contributed by atoms with E-state index >= 15 is 0 Å². The van der Waals surface area contributed by atoms with Crippen LogP contribution in [0.25, 0.3) is 0 Å². The zero-order valence-corrected chi connectivity index (χ0v) is 9.52. The van der Waals surface area contributed by atoms with Crippen molar-refractivity contribution in [2.45, 2.75) is 11.3 Å². The Hall–Kier alpha value is -0.990. The third-order valence-electron chi connectivity index (χ3n) is 1.67. The molecule has 90 valence electrons. The van der Waals surface area contributed by atoms with Crippen LogP contribution in [0.2, 0.25) is 5.15 Å². The van der Waals surface area contributed by atoms with Gasteiger partial charge in [-0.15, -0.1) is 0 Å². The first-order chi connectivity index (χ1) is 7.27. The molecule has 5 nitrogen and oxygen atoms in total. The molecular weight excluding hydrogens is 266 g/mol. The molecule has 0 aliphatic rings. The van der Waals surface area contributed by atoms with E-state index in [2.05, 4.69) is 9.72 Å². The number of hydrogen-bond donors (Lipinski definition) is 1. The summed E-state index contributed by atoms with van der Waals surface area (Å²) in [4.78, 5) is 2.44. The number of nitrogens with zero attached hydrogens (tertiary/aromatic N) is 1. The fourth-order valence-corrected chi connectivity index (χ4v) is 1.92. The van der Waals surface area contributed by atoms with Crippen LogP contribution in [0, 0.1) is 0 Å². The Morgan fingerprint density at radius 2 is 2.12 bits per heavy atom. The van der Waals surface area contributed by atoms with Gasteiger partial charge in [0.25, 0.3) is 6.43 Å². The minimum atomic E-state index is -4.31. The van der Waals surface area contributed by atoms with Crippen molar-refractivity contribution in [1.82, 2.24) is 4.98 Å². The Labute approximate surface area is 95.2 Å². The summed E-state index contributed by atoms with van der Waals surface area (Å²) in [6.45, 7) is 0. The third kappa shape index (κ3) is 2.57. The molecule has 1 aromatic heterocycles. The first-order valence-corrected chi connectivity index (χ1v) is 5.75. The summed E-state index contributed by atoms with van der Waals surface area (Å²) in [5.74, 6) is -0.143. The van der Waals surface area contributed by atoms with Gasteiger partial charge in [-0.1, -0.05) is 11.6 Å². The number of pyridine rings is 1. The lowest BCUT2D eigenvalue weighted by Gasteiger charge is -2.09. The number of halogens is 3. The van der Waals surface area contributed by atoms with Crippen molar-refractivity contribution in [1.29, 1.82) is 0 Å². The highest BCUT2D eigenvalue weighted by atomic mass is 35.5. The van der Waals surface area contributed by atoms with Crippen molar-refractivity contribution in [3.05, 3.63) is 16.9 Å². The Morgan fingerprint density at radius 3 is 2.50 bits per heavy atom. The molecule has 0 saturated carbocycles. The highest BCUT2D eigenvalue weighted by Crippen LogP contribution is 2.31. The largest absolute Gasteiger partial charge is 0.493 e. The van der Waals surface area contributed by atoms with Gasteiger partial charge in [-0.25, -0.2) is 27.3 Å². The van der Waals surface area contributed by atoms with E-state index in [1.807, 2.05) is 0 Å². The summed E-state index contributed by atoms with van der Waals surface area (Å²) < 4.78 is 51.7. The molecule has 0 unspecified atom stereocenters. The van der Waals surface area contributed by atoms with Crippen LogP contribution < -0.4 is 9.88 Å². The van der Waals surface area contributed by atoms with Crippen LogP contribution in [-0.4, -0.2) is 20.5 Å². The molecule has 9 heteroatoms. The second kappa shape index (κ2) is 4.48. The van der Waals surface area contributed by atoms with Gasteiger partial charge in [0.1, 0.15) is 10.6 Å². The van der Waals surface area contributed by atoms with Crippen LogP contribution in [0.3, 0.4) is 0 Å². The van der Waals surface area contributed by atoms with Crippen LogP contribution in [0.5, 0.6) is 5.75 Å². The van der Waals surface area contributed by atoms with Crippen molar-refractivity contribution >= 4 is 21.6 Å². The lowest BCUT2D eigenvalue weighted by molar-refractivity contribution is 0.142. The fourth-order valence-electron chi connectivity index (χ4n) is 0.996. The van der Waals surface area contributed by atoms with Gasteiger partial charge in [0.05, 0.1) is 7.11 Å². The molecule has 0 radical (unpaired) electrons. The number of hydrogen-bond acceptors (Lipinski definition) is 4. The summed E-state index contributed by atoms with van der Waals surface area (Å²) >= 11 is 5.49. The lowest BCUT2D eigenvalue weighted by Crippen LogP contribution is -2.16. The predicted molar refractivity (Wildman–Crippen MR) is 52.1 cm³/mol. The van der Waals surface area contributed by atoms with Crippen molar-refractivity contribution in [3.63, 3.8) is 0 Å². The van der Waals surface area contributed by atoms with Crippen molar-refractivity contribution < 1.29 is 21.9 Å². The number of primary sulfonamides is 1. The van der Waals surface area contributed by atoms with E-state index in [9.17, 15) is 17.2 Å². The first-order valence-electron chi connectivity index (χ1n) is 3.82. The van der Waals surface area contributed by atoms with Gasteiger partial charge >= 0.3 is 0 Å². The molecule has 0 amide bonds. The van der Waals surface area contributed by atoms with E-state index in [-0.39, 0.29) is 10.9 Å². The summed E-state index contributed by atoms with van der Waals surface area (Å²) in [5, 5.41) is 4.41. The quantitative estimate of drug-likeness (QED) is 0.842. The molecule has 0 fully saturated rings. The van der Waals surface area contributed by atoms with Crippen LogP contribution >= 0.6 is 11.6 Å². The Balaban J connectivity index is 3.56. The van der Waals surface area contributed by atoms with E-state index in [0.717, 1.165) is 6.07 Å². The van der Waals surface area contributed by atoms with Crippen LogP contribution in [0.1, 0.15) is 12.1 Å². The molecule has 0 saturated heterocycles. The highest BCUT2D eigenvalue weighted by Gasteiger charge is 2.25. The van der Waals surface area contributed by atoms with Gasteiger partial charge in [0.2, 0.25) is 10.0 Å². The number of nitrogens with two attached hydrogens (primary N) is 1. The van der Waals surface area contributed by atoms with E-state index in [1.165, 1.54) is 7.11 Å². The minimum absolute atomic E-state index is 0.143. The van der Waals surface area contributed by atoms with E-state index in [0.29, 0.717) is 0 Å². The van der Waals surface area contributed by atoms with E-state index in [1.54, 1.807) is 0 Å². The normalized spacial score (nSPS) is 11.9. The summed E-state index contributed by atoms with van der Waals surface area (Å²) in [5.41, 5.74) is -0.992. The average molecular weight is 273 g/mol. The first kappa shape index (κ1) is 13.1. The molecule has 1 aromatic rings. The molecule has 0 spiro atoms. The van der Waals surface area contributed by atoms with Gasteiger partial charge in [-0.05, 0) is 0 Å². The number of rotatable bonds is 3. The number of aromatic nitrogens is 1. The molecule has 16 heavy (non-hydrogen) atoms. The third-order valence-corrected chi connectivity index (χ3v) is 2.88. The molecule has 0 aliphatic carbocycles. The number of sulfonamides is 1. The smallest absolute Gasteiger partial charge is 0.281 e. The maximum atomic E-state index is 12.5. The fraction of sp³-hybridized carbons (Fsp3) is 0.286. The second-order valence-corrected chi connectivity index (χ2v) is 4.60. The Kier molecular flexibility index (Phi) is 3.66. The van der Waals surface area contributed by atoms with Gasteiger partial charge in [-0.2, -0.15) is 0 Å². The maximum absolute atomic E-state index is 12.5. The topological polar surface area (TPSA) is 82.3 Å². The zero-order valence-electron chi connectivity index (χ0n) is 7.95. The van der Waals surface area contributed by atoms with Gasteiger partial charge in [0.15, 0.2) is 10.9 Å². The lowest BCUT2D eigenvalue weighted by atomic mass is 10.3. The number of alkyl halides is 2. The predicted octanol–water partition coefficient (Wildman–Crippen LogP) is 1.33. The van der Waals surface area contributed by atoms with Gasteiger partial charge < -0.3 is 4.74 Å². The van der Waals surface area contributed by atoms with Gasteiger partial charge in [-0.3, -0.25) is 0 Å². The van der Waals surface area contributed by atoms with Crippen molar-refractivity contribution in [2.24, 2.45) is 5.14 Å². The van der Waals surface area contributed by atoms with Crippen LogP contribution in [0.4, 0.5) is 8.78 Å². The van der Waals surface area contributed by atoms with Crippen molar-refractivity contribution in [2.75, 3.05) is 7.11 Å². The van der Waals surface area contributed by atoms with Crippen LogP contribution in [-0.2, 0) is 10.0 Å². The van der Waals surface area contributed by atoms with Gasteiger partial charge in [0, 0.05) is 6.07 Å². The monoisotopic (exact) mass is 272 g/mol. The number of ether oxygens (including phenoxy) is 1. The molecular formula is C7H7ClF2N2O3S. The van der Waals surface area contributed by atoms with Crippen molar-refractivity contribution in [3.8, 4) is 5.75 Å². The highest BCUT2D eigenvalue weighted by molar-refractivity contribution is 7.89.